The van der Waals surface area contributed by atoms with Crippen LogP contribution in [-0.2, 0) is 21.9 Å². The molecule has 0 bridgehead atoms. The molecule has 1 aromatic carbocycles. The predicted molar refractivity (Wildman–Crippen MR) is 98.3 cm³/mol. The summed E-state index contributed by atoms with van der Waals surface area (Å²) in [6.45, 7) is 4.60. The molecule has 1 aromatic heterocycles. The monoisotopic (exact) mass is 407 g/mol. The lowest BCUT2D eigenvalue weighted by Crippen LogP contribution is -2.61. The molecule has 1 amide bonds. The maximum absolute atomic E-state index is 13.5. The van der Waals surface area contributed by atoms with E-state index in [2.05, 4.69) is 10.2 Å². The van der Waals surface area contributed by atoms with E-state index in [0.29, 0.717) is 13.1 Å². The molecule has 10 heteroatoms. The summed E-state index contributed by atoms with van der Waals surface area (Å²) >= 11 is 0. The summed E-state index contributed by atoms with van der Waals surface area (Å²) in [4.78, 5) is 13.8. The standard InChI is InChI=1S/C18H22FN5O3S/c1-12-6-14(4-5-16(12)19)28(26,27)24-9-18(10-24)8-23(13(2)25)7-15(18)17-21-20-11-22(17)3/h4-6,11,15H,7-10H2,1-3H3. The largest absolute Gasteiger partial charge is 0.341 e. The summed E-state index contributed by atoms with van der Waals surface area (Å²) in [5.41, 5.74) is -0.105. The second kappa shape index (κ2) is 6.35. The Bertz CT molecular complexity index is 1050. The van der Waals surface area contributed by atoms with Gasteiger partial charge < -0.3 is 9.47 Å². The van der Waals surface area contributed by atoms with Crippen molar-refractivity contribution in [3.05, 3.63) is 41.7 Å². The first-order chi connectivity index (χ1) is 13.1. The Kier molecular flexibility index (Phi) is 4.31. The van der Waals surface area contributed by atoms with Crippen LogP contribution in [-0.4, -0.2) is 64.5 Å². The highest BCUT2D eigenvalue weighted by atomic mass is 32.2. The molecule has 2 aromatic rings. The lowest BCUT2D eigenvalue weighted by atomic mass is 9.72. The van der Waals surface area contributed by atoms with E-state index in [4.69, 9.17) is 0 Å². The van der Waals surface area contributed by atoms with E-state index in [-0.39, 0.29) is 35.4 Å². The quantitative estimate of drug-likeness (QED) is 0.754. The third-order valence-electron chi connectivity index (χ3n) is 5.90. The number of hydrogen-bond donors (Lipinski definition) is 0. The number of aryl methyl sites for hydroxylation is 2. The third kappa shape index (κ3) is 2.82. The molecule has 4 rings (SSSR count). The fraction of sp³-hybridized carbons (Fsp3) is 0.500. The number of hydrogen-bond acceptors (Lipinski definition) is 5. The zero-order chi connectivity index (χ0) is 20.3. The first-order valence-electron chi connectivity index (χ1n) is 9.00. The number of likely N-dealkylation sites (tertiary alicyclic amines) is 1. The highest BCUT2D eigenvalue weighted by Gasteiger charge is 2.59. The van der Waals surface area contributed by atoms with E-state index in [9.17, 15) is 17.6 Å². The molecule has 28 heavy (non-hydrogen) atoms. The maximum Gasteiger partial charge on any atom is 0.243 e. The van der Waals surface area contributed by atoms with Gasteiger partial charge in [0.2, 0.25) is 15.9 Å². The molecule has 150 valence electrons. The lowest BCUT2D eigenvalue weighted by Gasteiger charge is -2.49. The number of sulfonamides is 1. The Morgan fingerprint density at radius 2 is 2.00 bits per heavy atom. The molecule has 1 atom stereocenters. The summed E-state index contributed by atoms with van der Waals surface area (Å²) in [5, 5.41) is 8.14. The highest BCUT2D eigenvalue weighted by molar-refractivity contribution is 7.89. The SMILES string of the molecule is CC(=O)N1CC(c2nncn2C)C2(C1)CN(S(=O)(=O)c1ccc(F)c(C)c1)C2. The second-order valence-electron chi connectivity index (χ2n) is 7.80. The van der Waals surface area contributed by atoms with Crippen LogP contribution in [0.1, 0.15) is 24.2 Å². The molecule has 0 N–H and O–H groups in total. The van der Waals surface area contributed by atoms with Gasteiger partial charge in [-0.2, -0.15) is 4.31 Å². The van der Waals surface area contributed by atoms with Crippen molar-refractivity contribution >= 4 is 15.9 Å². The molecular weight excluding hydrogens is 385 g/mol. The van der Waals surface area contributed by atoms with Crippen LogP contribution in [0.3, 0.4) is 0 Å². The van der Waals surface area contributed by atoms with Gasteiger partial charge in [-0.1, -0.05) is 0 Å². The van der Waals surface area contributed by atoms with Crippen LogP contribution >= 0.6 is 0 Å². The minimum Gasteiger partial charge on any atom is -0.341 e. The molecule has 8 nitrogen and oxygen atoms in total. The molecule has 3 heterocycles. The van der Waals surface area contributed by atoms with Crippen LogP contribution in [0, 0.1) is 18.2 Å². The van der Waals surface area contributed by atoms with Gasteiger partial charge in [-0.3, -0.25) is 4.79 Å². The van der Waals surface area contributed by atoms with Crippen molar-refractivity contribution < 1.29 is 17.6 Å². The van der Waals surface area contributed by atoms with E-state index < -0.39 is 21.3 Å². The molecule has 0 saturated carbocycles. The van der Waals surface area contributed by atoms with Gasteiger partial charge in [-0.25, -0.2) is 12.8 Å². The van der Waals surface area contributed by atoms with Gasteiger partial charge >= 0.3 is 0 Å². The zero-order valence-corrected chi connectivity index (χ0v) is 16.8. The van der Waals surface area contributed by atoms with Gasteiger partial charge in [0.1, 0.15) is 18.0 Å². The Hall–Kier alpha value is -2.33. The number of benzene rings is 1. The Morgan fingerprint density at radius 3 is 2.57 bits per heavy atom. The predicted octanol–water partition coefficient (Wildman–Crippen LogP) is 0.899. The smallest absolute Gasteiger partial charge is 0.243 e. The summed E-state index contributed by atoms with van der Waals surface area (Å²) in [6, 6.07) is 3.82. The van der Waals surface area contributed by atoms with E-state index >= 15 is 0 Å². The number of carbonyl (C=O) groups excluding carboxylic acids is 1. The number of nitrogens with zero attached hydrogens (tertiary/aromatic N) is 5. The first kappa shape index (κ1) is 19.0. The normalized spacial score (nSPS) is 21.9. The van der Waals surface area contributed by atoms with Gasteiger partial charge in [-0.15, -0.1) is 10.2 Å². The minimum absolute atomic E-state index is 0.0421. The van der Waals surface area contributed by atoms with Crippen molar-refractivity contribution in [2.75, 3.05) is 26.2 Å². The average molecular weight is 407 g/mol. The van der Waals surface area contributed by atoms with E-state index in [0.717, 1.165) is 5.82 Å². The lowest BCUT2D eigenvalue weighted by molar-refractivity contribution is -0.128. The maximum atomic E-state index is 13.5. The molecule has 1 spiro atoms. The number of carbonyl (C=O) groups is 1. The Balaban J connectivity index is 1.62. The van der Waals surface area contributed by atoms with Crippen molar-refractivity contribution in [2.24, 2.45) is 12.5 Å². The molecule has 2 fully saturated rings. The topological polar surface area (TPSA) is 88.4 Å². The summed E-state index contributed by atoms with van der Waals surface area (Å²) in [5.74, 6) is 0.178. The average Bonchev–Trinajstić information content (AvgIpc) is 3.19. The number of aromatic nitrogens is 3. The Morgan fingerprint density at radius 1 is 1.29 bits per heavy atom. The highest BCUT2D eigenvalue weighted by Crippen LogP contribution is 2.50. The molecule has 2 saturated heterocycles. The summed E-state index contributed by atoms with van der Waals surface area (Å²) < 4.78 is 42.7. The summed E-state index contributed by atoms with van der Waals surface area (Å²) in [6.07, 6.45) is 1.61. The fourth-order valence-corrected chi connectivity index (χ4v) is 5.96. The first-order valence-corrected chi connectivity index (χ1v) is 10.4. The van der Waals surface area contributed by atoms with Gasteiger partial charge in [0.25, 0.3) is 0 Å². The van der Waals surface area contributed by atoms with E-state index in [1.54, 1.807) is 11.2 Å². The molecular formula is C18H22FN5O3S. The third-order valence-corrected chi connectivity index (χ3v) is 7.69. The van der Waals surface area contributed by atoms with E-state index in [1.165, 1.54) is 36.4 Å². The molecule has 2 aliphatic heterocycles. The van der Waals surface area contributed by atoms with Crippen LogP contribution in [0.15, 0.2) is 29.4 Å². The van der Waals surface area contributed by atoms with Crippen LogP contribution < -0.4 is 0 Å². The number of rotatable bonds is 3. The van der Waals surface area contributed by atoms with Gasteiger partial charge in [0.05, 0.1) is 4.90 Å². The molecule has 1 unspecified atom stereocenters. The number of halogens is 1. The number of amides is 1. The Labute approximate surface area is 163 Å². The second-order valence-corrected chi connectivity index (χ2v) is 9.74. The molecule has 0 radical (unpaired) electrons. The minimum atomic E-state index is -3.72. The molecule has 2 aliphatic rings. The van der Waals surface area contributed by atoms with E-state index in [1.807, 2.05) is 11.6 Å². The van der Waals surface area contributed by atoms with Crippen molar-refractivity contribution in [1.82, 2.24) is 24.0 Å². The molecule has 0 aliphatic carbocycles. The van der Waals surface area contributed by atoms with Crippen molar-refractivity contribution in [3.8, 4) is 0 Å². The van der Waals surface area contributed by atoms with Crippen molar-refractivity contribution in [2.45, 2.75) is 24.7 Å². The summed E-state index contributed by atoms with van der Waals surface area (Å²) in [7, 11) is -1.88. The van der Waals surface area contributed by atoms with Gasteiger partial charge in [0, 0.05) is 51.5 Å². The van der Waals surface area contributed by atoms with Crippen molar-refractivity contribution in [3.63, 3.8) is 0 Å². The fourth-order valence-electron chi connectivity index (χ4n) is 4.25. The van der Waals surface area contributed by atoms with Gasteiger partial charge in [-0.05, 0) is 30.7 Å². The zero-order valence-electron chi connectivity index (χ0n) is 16.0. The van der Waals surface area contributed by atoms with Crippen LogP contribution in [0.25, 0.3) is 0 Å². The van der Waals surface area contributed by atoms with Crippen LogP contribution in [0.5, 0.6) is 0 Å². The van der Waals surface area contributed by atoms with Gasteiger partial charge in [0.15, 0.2) is 0 Å². The van der Waals surface area contributed by atoms with Crippen LogP contribution in [0.4, 0.5) is 4.39 Å². The van der Waals surface area contributed by atoms with Crippen LogP contribution in [0.2, 0.25) is 0 Å². The van der Waals surface area contributed by atoms with Crippen molar-refractivity contribution in [1.29, 1.82) is 0 Å².